The largest absolute Gasteiger partial charge is 0.573 e. The van der Waals surface area contributed by atoms with Crippen LogP contribution in [0.3, 0.4) is 0 Å². The molecular formula is C10H9F3IO2. The van der Waals surface area contributed by atoms with Gasteiger partial charge < -0.3 is 9.84 Å². The van der Waals surface area contributed by atoms with E-state index in [1.54, 1.807) is 6.07 Å². The van der Waals surface area contributed by atoms with Crippen LogP contribution in [0.15, 0.2) is 18.2 Å². The first-order valence-corrected chi connectivity index (χ1v) is 5.40. The zero-order valence-electron chi connectivity index (χ0n) is 8.09. The van der Waals surface area contributed by atoms with Gasteiger partial charge in [0, 0.05) is 16.1 Å². The van der Waals surface area contributed by atoms with Crippen molar-refractivity contribution in [3.63, 3.8) is 0 Å². The Labute approximate surface area is 105 Å². The van der Waals surface area contributed by atoms with Crippen LogP contribution < -0.4 is 4.74 Å². The van der Waals surface area contributed by atoms with Crippen LogP contribution in [0.4, 0.5) is 13.2 Å². The second-order valence-electron chi connectivity index (χ2n) is 3.15. The quantitative estimate of drug-likeness (QED) is 0.854. The number of benzene rings is 1. The Morgan fingerprint density at radius 2 is 2.00 bits per heavy atom. The van der Waals surface area contributed by atoms with Crippen LogP contribution in [0, 0.1) is 10.5 Å². The molecule has 1 N–H and O–H groups in total. The van der Waals surface area contributed by atoms with Crippen molar-refractivity contribution in [2.24, 2.45) is 0 Å². The fourth-order valence-corrected chi connectivity index (χ4v) is 1.78. The predicted molar refractivity (Wildman–Crippen MR) is 61.0 cm³/mol. The van der Waals surface area contributed by atoms with Gasteiger partial charge in [-0.05, 0) is 53.3 Å². The number of halogens is 4. The summed E-state index contributed by atoms with van der Waals surface area (Å²) in [5, 5.41) is 8.87. The Morgan fingerprint density at radius 1 is 1.38 bits per heavy atom. The molecule has 2 nitrogen and oxygen atoms in total. The zero-order chi connectivity index (χ0) is 12.3. The standard InChI is InChI=1S/C10H9F3IO2/c1-6(5-15)7-2-8(14)4-9(3-7)16-10(11,12)13/h2-4,6,15H,1,5H2. The molecule has 89 valence electrons. The fourth-order valence-electron chi connectivity index (χ4n) is 1.12. The Kier molecular flexibility index (Phi) is 4.43. The molecule has 0 fully saturated rings. The number of rotatable bonds is 3. The van der Waals surface area contributed by atoms with E-state index in [0.717, 1.165) is 0 Å². The minimum atomic E-state index is -4.71. The molecule has 0 aliphatic carbocycles. The highest BCUT2D eigenvalue weighted by Gasteiger charge is 2.31. The Bertz CT molecular complexity index is 366. The summed E-state index contributed by atoms with van der Waals surface area (Å²) in [7, 11) is 0. The molecule has 1 radical (unpaired) electrons. The average molecular weight is 345 g/mol. The second-order valence-corrected chi connectivity index (χ2v) is 4.39. The third-order valence-electron chi connectivity index (χ3n) is 1.82. The van der Waals surface area contributed by atoms with Crippen LogP contribution in [0.1, 0.15) is 11.5 Å². The predicted octanol–water partition coefficient (Wildman–Crippen LogP) is 3.10. The summed E-state index contributed by atoms with van der Waals surface area (Å²) >= 11 is 1.88. The van der Waals surface area contributed by atoms with E-state index in [2.05, 4.69) is 11.7 Å². The van der Waals surface area contributed by atoms with Gasteiger partial charge in [0.15, 0.2) is 0 Å². The third kappa shape index (κ3) is 4.17. The number of ether oxygens (including phenoxy) is 1. The maximum absolute atomic E-state index is 12.0. The molecule has 0 bridgehead atoms. The molecule has 0 heterocycles. The normalized spacial score (nSPS) is 13.6. The van der Waals surface area contributed by atoms with Crippen molar-refractivity contribution in [3.8, 4) is 5.75 Å². The molecule has 6 heteroatoms. The highest BCUT2D eigenvalue weighted by atomic mass is 127. The highest BCUT2D eigenvalue weighted by molar-refractivity contribution is 14.1. The molecule has 0 saturated heterocycles. The molecule has 0 aliphatic rings. The van der Waals surface area contributed by atoms with Gasteiger partial charge in [-0.2, -0.15) is 0 Å². The van der Waals surface area contributed by atoms with Crippen molar-refractivity contribution in [1.29, 1.82) is 0 Å². The minimum Gasteiger partial charge on any atom is -0.406 e. The number of hydrogen-bond donors (Lipinski definition) is 1. The summed E-state index contributed by atoms with van der Waals surface area (Å²) < 4.78 is 40.4. The SMILES string of the molecule is [CH2]C(CO)c1cc(I)cc(OC(F)(F)F)c1. The summed E-state index contributed by atoms with van der Waals surface area (Å²) in [6, 6.07) is 4.14. The second kappa shape index (κ2) is 5.22. The summed E-state index contributed by atoms with van der Waals surface area (Å²) in [5.41, 5.74) is 0.508. The van der Waals surface area contributed by atoms with E-state index in [4.69, 9.17) is 5.11 Å². The molecule has 0 saturated carbocycles. The van der Waals surface area contributed by atoms with E-state index in [1.807, 2.05) is 22.6 Å². The molecule has 0 spiro atoms. The van der Waals surface area contributed by atoms with E-state index < -0.39 is 12.3 Å². The summed E-state index contributed by atoms with van der Waals surface area (Å²) in [6.45, 7) is 3.38. The van der Waals surface area contributed by atoms with Crippen molar-refractivity contribution >= 4 is 22.6 Å². The molecule has 0 aliphatic heterocycles. The van der Waals surface area contributed by atoms with Gasteiger partial charge in [0.1, 0.15) is 5.75 Å². The maximum atomic E-state index is 12.0. The maximum Gasteiger partial charge on any atom is 0.573 e. The van der Waals surface area contributed by atoms with Crippen LogP contribution in [-0.4, -0.2) is 18.1 Å². The summed E-state index contributed by atoms with van der Waals surface area (Å²) in [5.74, 6) is -0.762. The average Bonchev–Trinajstić information content (AvgIpc) is 2.12. The van der Waals surface area contributed by atoms with E-state index in [9.17, 15) is 13.2 Å². The van der Waals surface area contributed by atoms with Crippen molar-refractivity contribution in [2.75, 3.05) is 6.61 Å². The van der Waals surface area contributed by atoms with Crippen LogP contribution in [0.25, 0.3) is 0 Å². The van der Waals surface area contributed by atoms with E-state index in [1.165, 1.54) is 12.1 Å². The van der Waals surface area contributed by atoms with Crippen LogP contribution in [0.5, 0.6) is 5.75 Å². The molecular weight excluding hydrogens is 336 g/mol. The molecule has 16 heavy (non-hydrogen) atoms. The van der Waals surface area contributed by atoms with Gasteiger partial charge in [-0.1, -0.05) is 0 Å². The van der Waals surface area contributed by atoms with Gasteiger partial charge in [-0.3, -0.25) is 0 Å². The molecule has 1 atom stereocenters. The van der Waals surface area contributed by atoms with Crippen LogP contribution in [0.2, 0.25) is 0 Å². The first-order chi connectivity index (χ1) is 7.31. The van der Waals surface area contributed by atoms with Gasteiger partial charge in [0.05, 0.1) is 0 Å². The molecule has 1 aromatic carbocycles. The topological polar surface area (TPSA) is 29.5 Å². The van der Waals surface area contributed by atoms with Gasteiger partial charge in [-0.25, -0.2) is 0 Å². The Morgan fingerprint density at radius 3 is 2.50 bits per heavy atom. The molecule has 1 aromatic rings. The van der Waals surface area contributed by atoms with E-state index in [0.29, 0.717) is 9.13 Å². The fraction of sp³-hybridized carbons (Fsp3) is 0.300. The lowest BCUT2D eigenvalue weighted by molar-refractivity contribution is -0.274. The van der Waals surface area contributed by atoms with Crippen LogP contribution >= 0.6 is 22.6 Å². The van der Waals surface area contributed by atoms with Gasteiger partial charge in [-0.15, -0.1) is 13.2 Å². The van der Waals surface area contributed by atoms with E-state index >= 15 is 0 Å². The first kappa shape index (κ1) is 13.6. The smallest absolute Gasteiger partial charge is 0.406 e. The first-order valence-electron chi connectivity index (χ1n) is 4.32. The van der Waals surface area contributed by atoms with Gasteiger partial charge >= 0.3 is 6.36 Å². The number of hydrogen-bond acceptors (Lipinski definition) is 2. The summed E-state index contributed by atoms with van der Waals surface area (Å²) in [6.07, 6.45) is -4.71. The third-order valence-corrected chi connectivity index (χ3v) is 2.44. The Hall–Kier alpha value is -0.500. The van der Waals surface area contributed by atoms with Crippen molar-refractivity contribution in [1.82, 2.24) is 0 Å². The zero-order valence-corrected chi connectivity index (χ0v) is 10.2. The monoisotopic (exact) mass is 345 g/mol. The van der Waals surface area contributed by atoms with Crippen molar-refractivity contribution in [3.05, 3.63) is 34.3 Å². The van der Waals surface area contributed by atoms with E-state index in [-0.39, 0.29) is 12.4 Å². The lowest BCUT2D eigenvalue weighted by Crippen LogP contribution is -2.17. The number of alkyl halides is 3. The lowest BCUT2D eigenvalue weighted by atomic mass is 10.0. The summed E-state index contributed by atoms with van der Waals surface area (Å²) in [4.78, 5) is 0. The number of aliphatic hydroxyl groups is 1. The molecule has 1 rings (SSSR count). The highest BCUT2D eigenvalue weighted by Crippen LogP contribution is 2.28. The molecule has 1 unspecified atom stereocenters. The Balaban J connectivity index is 2.99. The minimum absolute atomic E-state index is 0.231. The van der Waals surface area contributed by atoms with Crippen molar-refractivity contribution in [2.45, 2.75) is 12.3 Å². The van der Waals surface area contributed by atoms with Crippen molar-refractivity contribution < 1.29 is 23.0 Å². The molecule has 0 aromatic heterocycles. The van der Waals surface area contributed by atoms with Gasteiger partial charge in [0.2, 0.25) is 0 Å². The van der Waals surface area contributed by atoms with Crippen LogP contribution in [-0.2, 0) is 0 Å². The molecule has 0 amide bonds. The van der Waals surface area contributed by atoms with Gasteiger partial charge in [0.25, 0.3) is 0 Å². The number of aliphatic hydroxyl groups excluding tert-OH is 1. The lowest BCUT2D eigenvalue weighted by Gasteiger charge is -2.13.